The van der Waals surface area contributed by atoms with E-state index in [1.807, 2.05) is 0 Å². The fraction of sp³-hybridized carbons (Fsp3) is 0.467. The van der Waals surface area contributed by atoms with Crippen LogP contribution in [0.2, 0.25) is 0 Å². The van der Waals surface area contributed by atoms with E-state index >= 15 is 0 Å². The van der Waals surface area contributed by atoms with Crippen molar-refractivity contribution in [3.8, 4) is 6.01 Å². The number of likely N-dealkylation sites (tertiary alicyclic amines) is 1. The second kappa shape index (κ2) is 6.13. The molecule has 0 aliphatic carbocycles. The van der Waals surface area contributed by atoms with Crippen molar-refractivity contribution < 1.29 is 14.1 Å². The Labute approximate surface area is 128 Å². The number of carbonyl (C=O) groups excluding carboxylic acids is 1. The molecule has 0 bridgehead atoms. The molecule has 1 aliphatic rings. The first kappa shape index (κ1) is 14.5. The topological polar surface area (TPSA) is 81.4 Å². The molecule has 22 heavy (non-hydrogen) atoms. The van der Waals surface area contributed by atoms with E-state index in [-0.39, 0.29) is 12.0 Å². The quantitative estimate of drug-likeness (QED) is 0.859. The minimum Gasteiger partial charge on any atom is -0.458 e. The summed E-state index contributed by atoms with van der Waals surface area (Å²) in [7, 11) is 0. The number of ether oxygens (including phenoxy) is 1. The summed E-state index contributed by atoms with van der Waals surface area (Å²) in [6.07, 6.45) is 4.94. The summed E-state index contributed by atoms with van der Waals surface area (Å²) in [4.78, 5) is 22.5. The Morgan fingerprint density at radius 2 is 2.14 bits per heavy atom. The number of nitrogens with zero attached hydrogens (tertiary/aromatic N) is 4. The van der Waals surface area contributed by atoms with Crippen LogP contribution in [0.4, 0.5) is 0 Å². The molecular weight excluding hydrogens is 284 g/mol. The molecule has 0 aromatic carbocycles. The normalized spacial score (nSPS) is 18.3. The maximum atomic E-state index is 12.6. The molecule has 1 saturated heterocycles. The molecule has 0 N–H and O–H groups in total. The van der Waals surface area contributed by atoms with Crippen molar-refractivity contribution in [2.24, 2.45) is 0 Å². The van der Waals surface area contributed by atoms with E-state index in [4.69, 9.17) is 9.26 Å². The average molecular weight is 302 g/mol. The molecule has 0 spiro atoms. The number of aryl methyl sites for hydroxylation is 2. The third-order valence-electron chi connectivity index (χ3n) is 3.73. The van der Waals surface area contributed by atoms with Gasteiger partial charge in [0.15, 0.2) is 0 Å². The largest absolute Gasteiger partial charge is 0.458 e. The van der Waals surface area contributed by atoms with Gasteiger partial charge in [-0.2, -0.15) is 0 Å². The van der Waals surface area contributed by atoms with Crippen LogP contribution in [0.1, 0.15) is 34.7 Å². The maximum absolute atomic E-state index is 12.6. The highest BCUT2D eigenvalue weighted by molar-refractivity contribution is 5.96. The summed E-state index contributed by atoms with van der Waals surface area (Å²) in [5, 5.41) is 3.85. The zero-order valence-electron chi connectivity index (χ0n) is 12.7. The lowest BCUT2D eigenvalue weighted by Gasteiger charge is -2.32. The van der Waals surface area contributed by atoms with Crippen LogP contribution in [-0.2, 0) is 0 Å². The van der Waals surface area contributed by atoms with Gasteiger partial charge in [-0.1, -0.05) is 5.16 Å². The van der Waals surface area contributed by atoms with E-state index in [9.17, 15) is 4.79 Å². The van der Waals surface area contributed by atoms with Crippen LogP contribution >= 0.6 is 0 Å². The molecule has 1 aliphatic heterocycles. The molecule has 7 heteroatoms. The highest BCUT2D eigenvalue weighted by atomic mass is 16.5. The molecule has 0 radical (unpaired) electrons. The molecule has 2 aromatic rings. The summed E-state index contributed by atoms with van der Waals surface area (Å²) in [6.45, 7) is 4.75. The number of carbonyl (C=O) groups is 1. The molecule has 0 saturated carbocycles. The Hall–Kier alpha value is -2.44. The first-order chi connectivity index (χ1) is 10.6. The fourth-order valence-corrected chi connectivity index (χ4v) is 2.66. The molecule has 1 amide bonds. The van der Waals surface area contributed by atoms with Crippen molar-refractivity contribution in [3.63, 3.8) is 0 Å². The van der Waals surface area contributed by atoms with Crippen molar-refractivity contribution in [2.45, 2.75) is 32.8 Å². The number of aromatic nitrogens is 3. The van der Waals surface area contributed by atoms with Crippen LogP contribution in [0.25, 0.3) is 0 Å². The molecule has 3 heterocycles. The zero-order chi connectivity index (χ0) is 15.5. The number of hydrogen-bond donors (Lipinski definition) is 0. The Morgan fingerprint density at radius 1 is 1.36 bits per heavy atom. The number of rotatable bonds is 3. The molecule has 7 nitrogen and oxygen atoms in total. The summed E-state index contributed by atoms with van der Waals surface area (Å²) >= 11 is 0. The van der Waals surface area contributed by atoms with Gasteiger partial charge in [-0.15, -0.1) is 0 Å². The van der Waals surface area contributed by atoms with Crippen LogP contribution < -0.4 is 4.74 Å². The molecule has 1 atom stereocenters. The first-order valence-corrected chi connectivity index (χ1v) is 7.31. The summed E-state index contributed by atoms with van der Waals surface area (Å²) in [5.74, 6) is 0.496. The minimum absolute atomic E-state index is 0.0569. The molecule has 2 aromatic heterocycles. The monoisotopic (exact) mass is 302 g/mol. The van der Waals surface area contributed by atoms with Gasteiger partial charge in [-0.05, 0) is 32.8 Å². The van der Waals surface area contributed by atoms with E-state index < -0.39 is 0 Å². The van der Waals surface area contributed by atoms with Crippen LogP contribution in [-0.4, -0.2) is 45.1 Å². The van der Waals surface area contributed by atoms with E-state index in [2.05, 4.69) is 15.1 Å². The Kier molecular flexibility index (Phi) is 4.04. The molecule has 1 fully saturated rings. The molecule has 3 rings (SSSR count). The number of hydrogen-bond acceptors (Lipinski definition) is 6. The minimum atomic E-state index is -0.0967. The van der Waals surface area contributed by atoms with Crippen molar-refractivity contribution in [3.05, 3.63) is 35.5 Å². The van der Waals surface area contributed by atoms with Crippen LogP contribution in [0.3, 0.4) is 0 Å². The third-order valence-corrected chi connectivity index (χ3v) is 3.73. The predicted octanol–water partition coefficient (Wildman–Crippen LogP) is 1.77. The highest BCUT2D eigenvalue weighted by Gasteiger charge is 2.29. The van der Waals surface area contributed by atoms with Crippen molar-refractivity contribution in [2.75, 3.05) is 13.1 Å². The predicted molar refractivity (Wildman–Crippen MR) is 77.6 cm³/mol. The van der Waals surface area contributed by atoms with Gasteiger partial charge in [0.25, 0.3) is 5.91 Å². The van der Waals surface area contributed by atoms with Gasteiger partial charge in [0.05, 0.1) is 12.2 Å². The lowest BCUT2D eigenvalue weighted by molar-refractivity contribution is 0.0513. The molecular formula is C15H18N4O3. The van der Waals surface area contributed by atoms with E-state index in [0.29, 0.717) is 36.1 Å². The van der Waals surface area contributed by atoms with Gasteiger partial charge in [0.2, 0.25) is 0 Å². The number of amides is 1. The Bertz CT molecular complexity index is 637. The van der Waals surface area contributed by atoms with Crippen LogP contribution in [0.15, 0.2) is 23.0 Å². The van der Waals surface area contributed by atoms with E-state index in [0.717, 1.165) is 12.8 Å². The van der Waals surface area contributed by atoms with Crippen molar-refractivity contribution >= 4 is 5.91 Å². The third kappa shape index (κ3) is 2.93. The van der Waals surface area contributed by atoms with Gasteiger partial charge in [0, 0.05) is 18.9 Å². The fourth-order valence-electron chi connectivity index (χ4n) is 2.66. The highest BCUT2D eigenvalue weighted by Crippen LogP contribution is 2.20. The summed E-state index contributed by atoms with van der Waals surface area (Å²) < 4.78 is 10.8. The smallest absolute Gasteiger partial charge is 0.316 e. The van der Waals surface area contributed by atoms with Gasteiger partial charge in [-0.3, -0.25) is 4.79 Å². The lowest BCUT2D eigenvalue weighted by atomic mass is 10.1. The lowest BCUT2D eigenvalue weighted by Crippen LogP contribution is -2.44. The van der Waals surface area contributed by atoms with Gasteiger partial charge >= 0.3 is 6.01 Å². The average Bonchev–Trinajstić information content (AvgIpc) is 2.87. The second-order valence-corrected chi connectivity index (χ2v) is 5.36. The Balaban J connectivity index is 1.69. The SMILES string of the molecule is Cc1noc(C)c1C(=O)N1CCCC(Oc2ncccn2)C1. The van der Waals surface area contributed by atoms with E-state index in [1.54, 1.807) is 37.2 Å². The summed E-state index contributed by atoms with van der Waals surface area (Å²) in [6, 6.07) is 2.08. The van der Waals surface area contributed by atoms with Crippen LogP contribution in [0, 0.1) is 13.8 Å². The first-order valence-electron chi connectivity index (χ1n) is 7.31. The standard InChI is InChI=1S/C15H18N4O3/c1-10-13(11(2)22-18-10)14(20)19-8-3-5-12(9-19)21-15-16-6-4-7-17-15/h4,6-7,12H,3,5,8-9H2,1-2H3. The zero-order valence-corrected chi connectivity index (χ0v) is 12.7. The van der Waals surface area contributed by atoms with Gasteiger partial charge in [-0.25, -0.2) is 9.97 Å². The Morgan fingerprint density at radius 3 is 2.82 bits per heavy atom. The van der Waals surface area contributed by atoms with Crippen molar-refractivity contribution in [1.82, 2.24) is 20.0 Å². The second-order valence-electron chi connectivity index (χ2n) is 5.36. The summed E-state index contributed by atoms with van der Waals surface area (Å²) in [5.41, 5.74) is 1.17. The van der Waals surface area contributed by atoms with E-state index in [1.165, 1.54) is 0 Å². The van der Waals surface area contributed by atoms with Gasteiger partial charge < -0.3 is 14.2 Å². The molecule has 116 valence electrons. The van der Waals surface area contributed by atoms with Gasteiger partial charge in [0.1, 0.15) is 17.4 Å². The van der Waals surface area contributed by atoms with Crippen LogP contribution in [0.5, 0.6) is 6.01 Å². The molecule has 1 unspecified atom stereocenters. The maximum Gasteiger partial charge on any atom is 0.316 e. The van der Waals surface area contributed by atoms with Crippen molar-refractivity contribution in [1.29, 1.82) is 0 Å². The number of piperidine rings is 1.